The number of thioether (sulfide) groups is 1. The number of hydrogen-bond donors (Lipinski definition) is 1. The Labute approximate surface area is 121 Å². The Morgan fingerprint density at radius 1 is 1.11 bits per heavy atom. The zero-order valence-corrected chi connectivity index (χ0v) is 12.9. The van der Waals surface area contributed by atoms with Crippen LogP contribution in [0.15, 0.2) is 51.8 Å². The van der Waals surface area contributed by atoms with E-state index in [2.05, 4.69) is 76.9 Å². The van der Waals surface area contributed by atoms with E-state index in [1.54, 1.807) is 11.8 Å². The molecule has 94 valence electrons. The van der Waals surface area contributed by atoms with Gasteiger partial charge in [-0.05, 0) is 54.6 Å². The summed E-state index contributed by atoms with van der Waals surface area (Å²) in [5, 5.41) is 3.43. The van der Waals surface area contributed by atoms with Gasteiger partial charge in [-0.25, -0.2) is 0 Å². The number of rotatable bonds is 4. The topological polar surface area (TPSA) is 12.0 Å². The van der Waals surface area contributed by atoms with E-state index in [9.17, 15) is 0 Å². The van der Waals surface area contributed by atoms with Crippen molar-refractivity contribution in [3.8, 4) is 0 Å². The molecule has 0 atom stereocenters. The van der Waals surface area contributed by atoms with Gasteiger partial charge >= 0.3 is 0 Å². The van der Waals surface area contributed by atoms with E-state index in [0.29, 0.717) is 0 Å². The van der Waals surface area contributed by atoms with Crippen LogP contribution in [0.5, 0.6) is 0 Å². The van der Waals surface area contributed by atoms with Crippen molar-refractivity contribution in [3.05, 3.63) is 58.1 Å². The fourth-order valence-electron chi connectivity index (χ4n) is 1.70. The molecule has 0 amide bonds. The Balaban J connectivity index is 2.02. The smallest absolute Gasteiger partial charge is 0.0411 e. The minimum absolute atomic E-state index is 0.833. The molecule has 0 aliphatic rings. The van der Waals surface area contributed by atoms with Crippen molar-refractivity contribution in [1.82, 2.24) is 0 Å². The van der Waals surface area contributed by atoms with Gasteiger partial charge < -0.3 is 5.32 Å². The molecule has 0 aliphatic carbocycles. The Kier molecular flexibility index (Phi) is 4.72. The van der Waals surface area contributed by atoms with Crippen LogP contribution in [0.3, 0.4) is 0 Å². The maximum atomic E-state index is 3.60. The van der Waals surface area contributed by atoms with E-state index < -0.39 is 0 Å². The highest BCUT2D eigenvalue weighted by Gasteiger charge is 2.00. The van der Waals surface area contributed by atoms with Crippen molar-refractivity contribution < 1.29 is 0 Å². The van der Waals surface area contributed by atoms with E-state index in [-0.39, 0.29) is 0 Å². The van der Waals surface area contributed by atoms with Crippen molar-refractivity contribution in [2.75, 3.05) is 11.6 Å². The number of nitrogens with one attached hydrogen (secondary N) is 1. The van der Waals surface area contributed by atoms with Gasteiger partial charge in [0.25, 0.3) is 0 Å². The first-order valence-corrected chi connectivity index (χ1v) is 7.84. The lowest BCUT2D eigenvalue weighted by atomic mass is 10.1. The van der Waals surface area contributed by atoms with Crippen LogP contribution >= 0.6 is 27.7 Å². The normalized spacial score (nSPS) is 10.4. The van der Waals surface area contributed by atoms with Crippen molar-refractivity contribution >= 4 is 33.4 Å². The summed E-state index contributed by atoms with van der Waals surface area (Å²) in [6.45, 7) is 2.93. The van der Waals surface area contributed by atoms with E-state index in [0.717, 1.165) is 16.7 Å². The van der Waals surface area contributed by atoms with Gasteiger partial charge in [0, 0.05) is 21.6 Å². The summed E-state index contributed by atoms with van der Waals surface area (Å²) in [4.78, 5) is 1.29. The lowest BCUT2D eigenvalue weighted by molar-refractivity contribution is 1.13. The van der Waals surface area contributed by atoms with Crippen LogP contribution in [0.2, 0.25) is 0 Å². The average Bonchev–Trinajstić information content (AvgIpc) is 2.38. The molecule has 0 radical (unpaired) electrons. The minimum atomic E-state index is 0.833. The first-order valence-electron chi connectivity index (χ1n) is 5.82. The third kappa shape index (κ3) is 3.53. The van der Waals surface area contributed by atoms with Crippen LogP contribution in [0, 0.1) is 6.92 Å². The van der Waals surface area contributed by atoms with Crippen molar-refractivity contribution in [3.63, 3.8) is 0 Å². The summed E-state index contributed by atoms with van der Waals surface area (Å²) in [7, 11) is 0. The molecule has 1 N–H and O–H groups in total. The monoisotopic (exact) mass is 321 g/mol. The molecule has 2 rings (SSSR count). The van der Waals surface area contributed by atoms with Gasteiger partial charge in [-0.3, -0.25) is 0 Å². The number of anilines is 1. The quantitative estimate of drug-likeness (QED) is 0.787. The van der Waals surface area contributed by atoms with Crippen LogP contribution in [0.1, 0.15) is 11.1 Å². The lowest BCUT2D eigenvalue weighted by Gasteiger charge is -2.09. The molecule has 0 heterocycles. The first kappa shape index (κ1) is 13.5. The summed E-state index contributed by atoms with van der Waals surface area (Å²) in [5.74, 6) is 0. The molecule has 0 saturated heterocycles. The van der Waals surface area contributed by atoms with Crippen molar-refractivity contribution in [1.29, 1.82) is 0 Å². The minimum Gasteiger partial charge on any atom is -0.381 e. The highest BCUT2D eigenvalue weighted by Crippen LogP contribution is 2.21. The van der Waals surface area contributed by atoms with Gasteiger partial charge in [-0.1, -0.05) is 28.1 Å². The molecule has 0 bridgehead atoms. The summed E-state index contributed by atoms with van der Waals surface area (Å²) in [6, 6.07) is 14.9. The van der Waals surface area contributed by atoms with E-state index >= 15 is 0 Å². The zero-order valence-electron chi connectivity index (χ0n) is 10.5. The Bertz CT molecular complexity index is 523. The average molecular weight is 322 g/mol. The third-order valence-corrected chi connectivity index (χ3v) is 4.26. The Hall–Kier alpha value is -0.930. The van der Waals surface area contributed by atoms with Gasteiger partial charge in [0.15, 0.2) is 0 Å². The molecule has 0 aromatic heterocycles. The predicted molar refractivity (Wildman–Crippen MR) is 84.4 cm³/mol. The molecule has 0 fully saturated rings. The number of benzene rings is 2. The molecule has 2 aromatic carbocycles. The molecule has 1 nitrogen and oxygen atoms in total. The van der Waals surface area contributed by atoms with Crippen LogP contribution < -0.4 is 5.32 Å². The first-order chi connectivity index (χ1) is 8.69. The van der Waals surface area contributed by atoms with Gasteiger partial charge in [0.05, 0.1) is 0 Å². The number of hydrogen-bond acceptors (Lipinski definition) is 2. The zero-order chi connectivity index (χ0) is 13.0. The third-order valence-electron chi connectivity index (χ3n) is 2.78. The maximum Gasteiger partial charge on any atom is 0.0411 e. The van der Waals surface area contributed by atoms with Crippen LogP contribution in [0.4, 0.5) is 5.69 Å². The Morgan fingerprint density at radius 3 is 2.44 bits per heavy atom. The number of halogens is 1. The summed E-state index contributed by atoms with van der Waals surface area (Å²) in [6.07, 6.45) is 2.09. The second-order valence-electron chi connectivity index (χ2n) is 4.18. The highest BCUT2D eigenvalue weighted by molar-refractivity contribution is 9.10. The molecule has 2 aromatic rings. The van der Waals surface area contributed by atoms with Gasteiger partial charge in [0.1, 0.15) is 0 Å². The maximum absolute atomic E-state index is 3.60. The Morgan fingerprint density at radius 2 is 1.83 bits per heavy atom. The lowest BCUT2D eigenvalue weighted by Crippen LogP contribution is -2.00. The number of aryl methyl sites for hydroxylation is 1. The van der Waals surface area contributed by atoms with E-state index in [1.807, 2.05) is 0 Å². The van der Waals surface area contributed by atoms with Crippen LogP contribution in [0.25, 0.3) is 0 Å². The second kappa shape index (κ2) is 6.30. The van der Waals surface area contributed by atoms with E-state index in [4.69, 9.17) is 0 Å². The molecule has 0 spiro atoms. The van der Waals surface area contributed by atoms with Crippen LogP contribution in [-0.2, 0) is 6.54 Å². The van der Waals surface area contributed by atoms with Gasteiger partial charge in [-0.2, -0.15) is 0 Å². The molecule has 0 aliphatic heterocycles. The molecular weight excluding hydrogens is 306 g/mol. The summed E-state index contributed by atoms with van der Waals surface area (Å²) in [5.41, 5.74) is 3.70. The second-order valence-corrected chi connectivity index (χ2v) is 5.91. The van der Waals surface area contributed by atoms with Crippen molar-refractivity contribution in [2.24, 2.45) is 0 Å². The molecule has 0 saturated carbocycles. The SMILES string of the molecule is CSc1ccc(NCc2ccc(C)cc2Br)cc1. The van der Waals surface area contributed by atoms with Crippen molar-refractivity contribution in [2.45, 2.75) is 18.4 Å². The fourth-order valence-corrected chi connectivity index (χ4v) is 2.74. The predicted octanol–water partition coefficient (Wildman–Crippen LogP) is 5.09. The molecular formula is C15H16BrNS. The molecule has 0 unspecified atom stereocenters. The standard InChI is InChI=1S/C15H16BrNS/c1-11-3-4-12(15(16)9-11)10-17-13-5-7-14(18-2)8-6-13/h3-9,17H,10H2,1-2H3. The van der Waals surface area contributed by atoms with Crippen LogP contribution in [-0.4, -0.2) is 6.26 Å². The highest BCUT2D eigenvalue weighted by atomic mass is 79.9. The van der Waals surface area contributed by atoms with Gasteiger partial charge in [0.2, 0.25) is 0 Å². The summed E-state index contributed by atoms with van der Waals surface area (Å²) < 4.78 is 1.16. The van der Waals surface area contributed by atoms with E-state index in [1.165, 1.54) is 16.0 Å². The largest absolute Gasteiger partial charge is 0.381 e. The summed E-state index contributed by atoms with van der Waals surface area (Å²) >= 11 is 5.36. The molecule has 18 heavy (non-hydrogen) atoms. The van der Waals surface area contributed by atoms with Gasteiger partial charge in [-0.15, -0.1) is 11.8 Å². The molecule has 3 heteroatoms. The fraction of sp³-hybridized carbons (Fsp3) is 0.200.